The summed E-state index contributed by atoms with van der Waals surface area (Å²) in [5.74, 6) is 0.515. The van der Waals surface area contributed by atoms with Gasteiger partial charge >= 0.3 is 0 Å². The number of carbonyl (C=O) groups excluding carboxylic acids is 1. The maximum atomic E-state index is 11.0. The molecule has 16 heavy (non-hydrogen) atoms. The zero-order chi connectivity index (χ0) is 11.8. The SMILES string of the molecule is C=CC(=O)Nc1ccc(OCCOC)cc1. The molecule has 0 heterocycles. The highest BCUT2D eigenvalue weighted by Gasteiger charge is 1.97. The molecule has 1 amide bonds. The molecular weight excluding hydrogens is 206 g/mol. The lowest BCUT2D eigenvalue weighted by atomic mass is 10.3. The molecule has 1 N–H and O–H groups in total. The van der Waals surface area contributed by atoms with E-state index in [2.05, 4.69) is 11.9 Å². The number of methoxy groups -OCH3 is 1. The molecule has 0 bridgehead atoms. The van der Waals surface area contributed by atoms with E-state index >= 15 is 0 Å². The van der Waals surface area contributed by atoms with Gasteiger partial charge in [-0.1, -0.05) is 6.58 Å². The van der Waals surface area contributed by atoms with E-state index in [1.165, 1.54) is 6.08 Å². The van der Waals surface area contributed by atoms with Crippen LogP contribution in [0.4, 0.5) is 5.69 Å². The summed E-state index contributed by atoms with van der Waals surface area (Å²) >= 11 is 0. The summed E-state index contributed by atoms with van der Waals surface area (Å²) in [4.78, 5) is 11.0. The average molecular weight is 221 g/mol. The van der Waals surface area contributed by atoms with Crippen LogP contribution >= 0.6 is 0 Å². The first-order valence-electron chi connectivity index (χ1n) is 4.91. The van der Waals surface area contributed by atoms with Gasteiger partial charge < -0.3 is 14.8 Å². The topological polar surface area (TPSA) is 47.6 Å². The monoisotopic (exact) mass is 221 g/mol. The van der Waals surface area contributed by atoms with Gasteiger partial charge in [-0.25, -0.2) is 0 Å². The maximum Gasteiger partial charge on any atom is 0.247 e. The van der Waals surface area contributed by atoms with Crippen LogP contribution in [0.15, 0.2) is 36.9 Å². The van der Waals surface area contributed by atoms with Gasteiger partial charge in [-0.2, -0.15) is 0 Å². The van der Waals surface area contributed by atoms with Gasteiger partial charge in [0.15, 0.2) is 0 Å². The van der Waals surface area contributed by atoms with Crippen molar-refractivity contribution >= 4 is 11.6 Å². The summed E-state index contributed by atoms with van der Waals surface area (Å²) in [6.45, 7) is 4.43. The first kappa shape index (κ1) is 12.3. The van der Waals surface area contributed by atoms with E-state index in [-0.39, 0.29) is 5.91 Å². The summed E-state index contributed by atoms with van der Waals surface area (Å²) in [5.41, 5.74) is 0.712. The minimum atomic E-state index is -0.229. The van der Waals surface area contributed by atoms with E-state index in [9.17, 15) is 4.79 Å². The lowest BCUT2D eigenvalue weighted by molar-refractivity contribution is -0.111. The number of ether oxygens (including phenoxy) is 2. The summed E-state index contributed by atoms with van der Waals surface area (Å²) in [6.07, 6.45) is 1.23. The van der Waals surface area contributed by atoms with Gasteiger partial charge in [0.1, 0.15) is 12.4 Å². The molecule has 0 saturated carbocycles. The molecular formula is C12H15NO3. The number of anilines is 1. The van der Waals surface area contributed by atoms with E-state index in [0.717, 1.165) is 5.75 Å². The molecule has 0 aliphatic rings. The third kappa shape index (κ3) is 4.14. The standard InChI is InChI=1S/C12H15NO3/c1-3-12(14)13-10-4-6-11(7-5-10)16-9-8-15-2/h3-7H,1,8-9H2,2H3,(H,13,14). The third-order valence-electron chi connectivity index (χ3n) is 1.86. The Morgan fingerprint density at radius 1 is 1.38 bits per heavy atom. The van der Waals surface area contributed by atoms with E-state index in [0.29, 0.717) is 18.9 Å². The predicted octanol–water partition coefficient (Wildman–Crippen LogP) is 1.84. The summed E-state index contributed by atoms with van der Waals surface area (Å²) in [6, 6.07) is 7.11. The maximum absolute atomic E-state index is 11.0. The van der Waals surface area contributed by atoms with E-state index in [1.807, 2.05) is 0 Å². The molecule has 86 valence electrons. The molecule has 0 radical (unpaired) electrons. The van der Waals surface area contributed by atoms with Crippen LogP contribution in [0.2, 0.25) is 0 Å². The van der Waals surface area contributed by atoms with Crippen molar-refractivity contribution < 1.29 is 14.3 Å². The Morgan fingerprint density at radius 3 is 2.62 bits per heavy atom. The molecule has 0 fully saturated rings. The Morgan fingerprint density at radius 2 is 2.06 bits per heavy atom. The summed E-state index contributed by atoms with van der Waals surface area (Å²) in [7, 11) is 1.62. The lowest BCUT2D eigenvalue weighted by Crippen LogP contribution is -2.07. The van der Waals surface area contributed by atoms with Gasteiger partial charge in [0, 0.05) is 12.8 Å². The summed E-state index contributed by atoms with van der Waals surface area (Å²) in [5, 5.41) is 2.65. The number of amides is 1. The van der Waals surface area contributed by atoms with Gasteiger partial charge in [-0.3, -0.25) is 4.79 Å². The second kappa shape index (κ2) is 6.63. The molecule has 0 atom stereocenters. The first-order chi connectivity index (χ1) is 7.76. The molecule has 4 nitrogen and oxygen atoms in total. The molecule has 4 heteroatoms. The van der Waals surface area contributed by atoms with Crippen molar-refractivity contribution in [3.63, 3.8) is 0 Å². The van der Waals surface area contributed by atoms with Crippen LogP contribution in [-0.4, -0.2) is 26.2 Å². The van der Waals surface area contributed by atoms with Crippen molar-refractivity contribution in [3.05, 3.63) is 36.9 Å². The van der Waals surface area contributed by atoms with E-state index < -0.39 is 0 Å². The van der Waals surface area contributed by atoms with Crippen molar-refractivity contribution in [3.8, 4) is 5.75 Å². The molecule has 0 saturated heterocycles. The second-order valence-electron chi connectivity index (χ2n) is 3.06. The Bertz CT molecular complexity index is 346. The first-order valence-corrected chi connectivity index (χ1v) is 4.91. The quantitative estimate of drug-likeness (QED) is 0.589. The molecule has 0 aromatic heterocycles. The fourth-order valence-electron chi connectivity index (χ4n) is 1.07. The van der Waals surface area contributed by atoms with Crippen molar-refractivity contribution in [2.24, 2.45) is 0 Å². The van der Waals surface area contributed by atoms with Gasteiger partial charge in [0.2, 0.25) is 5.91 Å². The summed E-state index contributed by atoms with van der Waals surface area (Å²) < 4.78 is 10.2. The van der Waals surface area contributed by atoms with E-state index in [1.54, 1.807) is 31.4 Å². The van der Waals surface area contributed by atoms with Crippen LogP contribution in [0.1, 0.15) is 0 Å². The smallest absolute Gasteiger partial charge is 0.247 e. The van der Waals surface area contributed by atoms with Crippen molar-refractivity contribution in [2.75, 3.05) is 25.6 Å². The zero-order valence-corrected chi connectivity index (χ0v) is 9.23. The van der Waals surface area contributed by atoms with Crippen molar-refractivity contribution in [2.45, 2.75) is 0 Å². The van der Waals surface area contributed by atoms with Crippen LogP contribution < -0.4 is 10.1 Å². The Labute approximate surface area is 94.9 Å². The molecule has 1 aromatic carbocycles. The minimum absolute atomic E-state index is 0.229. The number of nitrogens with one attached hydrogen (secondary N) is 1. The molecule has 1 aromatic rings. The van der Waals surface area contributed by atoms with Gasteiger partial charge in [0.25, 0.3) is 0 Å². The zero-order valence-electron chi connectivity index (χ0n) is 9.23. The number of hydrogen-bond donors (Lipinski definition) is 1. The molecule has 0 unspecified atom stereocenters. The number of carbonyl (C=O) groups is 1. The van der Waals surface area contributed by atoms with E-state index in [4.69, 9.17) is 9.47 Å². The van der Waals surface area contributed by atoms with Crippen LogP contribution in [0.25, 0.3) is 0 Å². The Hall–Kier alpha value is -1.81. The Balaban J connectivity index is 2.47. The number of hydrogen-bond acceptors (Lipinski definition) is 3. The van der Waals surface area contributed by atoms with Crippen LogP contribution in [0.5, 0.6) is 5.75 Å². The highest BCUT2D eigenvalue weighted by molar-refractivity contribution is 5.98. The third-order valence-corrected chi connectivity index (χ3v) is 1.86. The number of rotatable bonds is 6. The van der Waals surface area contributed by atoms with Crippen LogP contribution in [0, 0.1) is 0 Å². The normalized spacial score (nSPS) is 9.56. The van der Waals surface area contributed by atoms with Crippen molar-refractivity contribution in [1.29, 1.82) is 0 Å². The van der Waals surface area contributed by atoms with Gasteiger partial charge in [-0.15, -0.1) is 0 Å². The minimum Gasteiger partial charge on any atom is -0.491 e. The Kier molecular flexibility index (Phi) is 5.08. The fourth-order valence-corrected chi connectivity index (χ4v) is 1.07. The fraction of sp³-hybridized carbons (Fsp3) is 0.250. The highest BCUT2D eigenvalue weighted by atomic mass is 16.5. The molecule has 0 spiro atoms. The van der Waals surface area contributed by atoms with Gasteiger partial charge in [-0.05, 0) is 30.3 Å². The second-order valence-corrected chi connectivity index (χ2v) is 3.06. The largest absolute Gasteiger partial charge is 0.491 e. The van der Waals surface area contributed by atoms with Crippen LogP contribution in [0.3, 0.4) is 0 Å². The van der Waals surface area contributed by atoms with Gasteiger partial charge in [0.05, 0.1) is 6.61 Å². The van der Waals surface area contributed by atoms with Crippen LogP contribution in [-0.2, 0) is 9.53 Å². The highest BCUT2D eigenvalue weighted by Crippen LogP contribution is 2.15. The lowest BCUT2D eigenvalue weighted by Gasteiger charge is -2.06. The molecule has 0 aliphatic carbocycles. The van der Waals surface area contributed by atoms with Crippen molar-refractivity contribution in [1.82, 2.24) is 0 Å². The number of benzene rings is 1. The predicted molar refractivity (Wildman–Crippen MR) is 62.6 cm³/mol. The molecule has 1 rings (SSSR count). The average Bonchev–Trinajstić information content (AvgIpc) is 2.31. The molecule has 0 aliphatic heterocycles.